The van der Waals surface area contributed by atoms with E-state index in [0.717, 1.165) is 5.92 Å². The van der Waals surface area contributed by atoms with Crippen LogP contribution in [0.5, 0.6) is 0 Å². The van der Waals surface area contributed by atoms with E-state index in [9.17, 15) is 0 Å². The van der Waals surface area contributed by atoms with E-state index in [1.54, 1.807) is 0 Å². The molecule has 1 saturated carbocycles. The molecule has 1 unspecified atom stereocenters. The van der Waals surface area contributed by atoms with Crippen molar-refractivity contribution in [2.45, 2.75) is 38.6 Å². The lowest BCUT2D eigenvalue weighted by molar-refractivity contribution is 0.427. The summed E-state index contributed by atoms with van der Waals surface area (Å²) in [5, 5.41) is 0. The zero-order valence-corrected chi connectivity index (χ0v) is 5.78. The zero-order valence-electron chi connectivity index (χ0n) is 5.78. The third kappa shape index (κ3) is 0.873. The molecule has 0 aliphatic heterocycles. The molecular weight excluding hydrogens is 98.1 g/mol. The van der Waals surface area contributed by atoms with Gasteiger partial charge in [0.2, 0.25) is 0 Å². The van der Waals surface area contributed by atoms with E-state index in [1.165, 1.54) is 19.3 Å². The molecule has 0 spiro atoms. The van der Waals surface area contributed by atoms with Gasteiger partial charge in [0.1, 0.15) is 0 Å². The van der Waals surface area contributed by atoms with E-state index in [4.69, 9.17) is 5.73 Å². The van der Waals surface area contributed by atoms with E-state index in [-0.39, 0.29) is 5.54 Å². The summed E-state index contributed by atoms with van der Waals surface area (Å²) in [7, 11) is 0. The second-order valence-corrected chi connectivity index (χ2v) is 3.04. The molecule has 0 heterocycles. The standard InChI is InChI=1S/C7H15N/c1-3-6(2)7(8)4-5-7/h6H,3-5,8H2,1-2H3. The molecule has 0 bridgehead atoms. The summed E-state index contributed by atoms with van der Waals surface area (Å²) in [4.78, 5) is 0. The van der Waals surface area contributed by atoms with Crippen LogP contribution in [0.4, 0.5) is 0 Å². The van der Waals surface area contributed by atoms with E-state index in [2.05, 4.69) is 13.8 Å². The largest absolute Gasteiger partial charge is 0.325 e. The first-order chi connectivity index (χ1) is 3.69. The highest BCUT2D eigenvalue weighted by molar-refractivity contribution is 5.01. The number of nitrogens with two attached hydrogens (primary N) is 1. The van der Waals surface area contributed by atoms with Gasteiger partial charge in [-0.3, -0.25) is 0 Å². The van der Waals surface area contributed by atoms with Gasteiger partial charge in [0.15, 0.2) is 0 Å². The monoisotopic (exact) mass is 113 g/mol. The molecule has 0 aromatic carbocycles. The highest BCUT2D eigenvalue weighted by Gasteiger charge is 2.42. The van der Waals surface area contributed by atoms with Crippen molar-refractivity contribution in [2.24, 2.45) is 11.7 Å². The first-order valence-electron chi connectivity index (χ1n) is 3.48. The minimum Gasteiger partial charge on any atom is -0.325 e. The Hall–Kier alpha value is -0.0400. The summed E-state index contributed by atoms with van der Waals surface area (Å²) in [6.45, 7) is 4.45. The quantitative estimate of drug-likeness (QED) is 0.577. The summed E-state index contributed by atoms with van der Waals surface area (Å²) < 4.78 is 0. The molecular formula is C7H15N. The molecule has 1 atom stereocenters. The van der Waals surface area contributed by atoms with Crippen molar-refractivity contribution < 1.29 is 0 Å². The Morgan fingerprint density at radius 2 is 2.12 bits per heavy atom. The van der Waals surface area contributed by atoms with Crippen LogP contribution in [0.3, 0.4) is 0 Å². The molecule has 0 aromatic rings. The molecule has 0 radical (unpaired) electrons. The van der Waals surface area contributed by atoms with Gasteiger partial charge in [-0.25, -0.2) is 0 Å². The maximum atomic E-state index is 5.90. The number of rotatable bonds is 2. The van der Waals surface area contributed by atoms with Crippen LogP contribution in [-0.2, 0) is 0 Å². The first-order valence-corrected chi connectivity index (χ1v) is 3.48. The third-order valence-electron chi connectivity index (χ3n) is 2.42. The van der Waals surface area contributed by atoms with Gasteiger partial charge >= 0.3 is 0 Å². The Morgan fingerprint density at radius 1 is 1.62 bits per heavy atom. The molecule has 1 nitrogen and oxygen atoms in total. The Kier molecular flexibility index (Phi) is 1.31. The van der Waals surface area contributed by atoms with Crippen LogP contribution in [0.1, 0.15) is 33.1 Å². The second-order valence-electron chi connectivity index (χ2n) is 3.04. The van der Waals surface area contributed by atoms with Gasteiger partial charge in [-0.05, 0) is 18.8 Å². The van der Waals surface area contributed by atoms with Gasteiger partial charge in [0.05, 0.1) is 0 Å². The Bertz CT molecular complexity index is 84.4. The van der Waals surface area contributed by atoms with Crippen molar-refractivity contribution in [3.8, 4) is 0 Å². The normalized spacial score (nSPS) is 27.4. The van der Waals surface area contributed by atoms with Crippen LogP contribution >= 0.6 is 0 Å². The fourth-order valence-electron chi connectivity index (χ4n) is 1.04. The fraction of sp³-hybridized carbons (Fsp3) is 1.00. The lowest BCUT2D eigenvalue weighted by atomic mass is 9.98. The van der Waals surface area contributed by atoms with Crippen LogP contribution in [0.15, 0.2) is 0 Å². The average Bonchev–Trinajstić information content (AvgIpc) is 2.47. The lowest BCUT2D eigenvalue weighted by Gasteiger charge is -2.15. The van der Waals surface area contributed by atoms with E-state index in [1.807, 2.05) is 0 Å². The molecule has 48 valence electrons. The Labute approximate surface area is 51.3 Å². The van der Waals surface area contributed by atoms with Crippen molar-refractivity contribution in [1.29, 1.82) is 0 Å². The van der Waals surface area contributed by atoms with Gasteiger partial charge in [0.25, 0.3) is 0 Å². The second kappa shape index (κ2) is 1.73. The fourth-order valence-corrected chi connectivity index (χ4v) is 1.04. The molecule has 8 heavy (non-hydrogen) atoms. The molecule has 1 aliphatic rings. The number of hydrogen-bond donors (Lipinski definition) is 1. The summed E-state index contributed by atoms with van der Waals surface area (Å²) >= 11 is 0. The maximum Gasteiger partial charge on any atom is 0.0181 e. The minimum absolute atomic E-state index is 0.259. The molecule has 1 fully saturated rings. The van der Waals surface area contributed by atoms with Gasteiger partial charge in [-0.1, -0.05) is 20.3 Å². The molecule has 2 N–H and O–H groups in total. The maximum absolute atomic E-state index is 5.90. The molecule has 1 heteroatoms. The van der Waals surface area contributed by atoms with Gasteiger partial charge in [-0.2, -0.15) is 0 Å². The average molecular weight is 113 g/mol. The minimum atomic E-state index is 0.259. The molecule has 0 saturated heterocycles. The van der Waals surface area contributed by atoms with E-state index < -0.39 is 0 Å². The van der Waals surface area contributed by atoms with Crippen molar-refractivity contribution >= 4 is 0 Å². The summed E-state index contributed by atoms with van der Waals surface area (Å²) in [6, 6.07) is 0. The van der Waals surface area contributed by atoms with Gasteiger partial charge in [0, 0.05) is 5.54 Å². The third-order valence-corrected chi connectivity index (χ3v) is 2.42. The van der Waals surface area contributed by atoms with Crippen LogP contribution in [0, 0.1) is 5.92 Å². The Morgan fingerprint density at radius 3 is 2.25 bits per heavy atom. The van der Waals surface area contributed by atoms with E-state index in [0.29, 0.717) is 0 Å². The van der Waals surface area contributed by atoms with Crippen molar-refractivity contribution in [1.82, 2.24) is 0 Å². The van der Waals surface area contributed by atoms with Crippen LogP contribution in [0.2, 0.25) is 0 Å². The van der Waals surface area contributed by atoms with E-state index >= 15 is 0 Å². The molecule has 1 rings (SSSR count). The van der Waals surface area contributed by atoms with Crippen molar-refractivity contribution in [2.75, 3.05) is 0 Å². The van der Waals surface area contributed by atoms with Crippen LogP contribution in [-0.4, -0.2) is 5.54 Å². The van der Waals surface area contributed by atoms with Crippen molar-refractivity contribution in [3.63, 3.8) is 0 Å². The van der Waals surface area contributed by atoms with Gasteiger partial charge < -0.3 is 5.73 Å². The number of hydrogen-bond acceptors (Lipinski definition) is 1. The van der Waals surface area contributed by atoms with Crippen LogP contribution < -0.4 is 5.73 Å². The topological polar surface area (TPSA) is 26.0 Å². The summed E-state index contributed by atoms with van der Waals surface area (Å²) in [6.07, 6.45) is 3.74. The van der Waals surface area contributed by atoms with Crippen LogP contribution in [0.25, 0.3) is 0 Å². The smallest absolute Gasteiger partial charge is 0.0181 e. The summed E-state index contributed by atoms with van der Waals surface area (Å²) in [5.41, 5.74) is 6.16. The Balaban J connectivity index is 2.34. The first kappa shape index (κ1) is 6.09. The van der Waals surface area contributed by atoms with Crippen molar-refractivity contribution in [3.05, 3.63) is 0 Å². The zero-order chi connectivity index (χ0) is 6.20. The predicted molar refractivity (Wildman–Crippen MR) is 35.6 cm³/mol. The molecule has 0 aromatic heterocycles. The predicted octanol–water partition coefficient (Wildman–Crippen LogP) is 1.52. The molecule has 0 amide bonds. The van der Waals surface area contributed by atoms with Gasteiger partial charge in [-0.15, -0.1) is 0 Å². The SMILES string of the molecule is CCC(C)C1(N)CC1. The highest BCUT2D eigenvalue weighted by Crippen LogP contribution is 2.40. The lowest BCUT2D eigenvalue weighted by Crippen LogP contribution is -2.29. The molecule has 1 aliphatic carbocycles. The summed E-state index contributed by atoms with van der Waals surface area (Å²) in [5.74, 6) is 0.738. The highest BCUT2D eigenvalue weighted by atomic mass is 14.8.